The Labute approximate surface area is 146 Å². The number of nitrogens with zero attached hydrogens (tertiary/aromatic N) is 1. The molecule has 7 nitrogen and oxygen atoms in total. The van der Waals surface area contributed by atoms with E-state index >= 15 is 0 Å². The van der Waals surface area contributed by atoms with E-state index in [4.69, 9.17) is 9.84 Å². The van der Waals surface area contributed by atoms with Crippen LogP contribution in [0.4, 0.5) is 0 Å². The maximum atomic E-state index is 12.9. The number of hydrogen-bond acceptors (Lipinski definition) is 5. The SMILES string of the molecule is CCCC1C(=O)OC2CCN(S(=O)(=O)Cc3cccc(C(=O)O)c3)[C@@H]21. The standard InChI is InChI=1S/C17H21NO6S/c1-2-4-13-15-14(24-17(13)21)7-8-18(15)25(22,23)10-11-5-3-6-12(9-11)16(19)20/h3,5-6,9,13-15H,2,4,7-8,10H2,1H3,(H,19,20)/t13?,14?,15-/m1/s1. The summed E-state index contributed by atoms with van der Waals surface area (Å²) in [6, 6.07) is 5.47. The van der Waals surface area contributed by atoms with Crippen LogP contribution in [0.3, 0.4) is 0 Å². The second kappa shape index (κ2) is 6.76. The van der Waals surface area contributed by atoms with Crippen LogP contribution >= 0.6 is 0 Å². The molecular formula is C17H21NO6S. The predicted octanol–water partition coefficient (Wildman–Crippen LogP) is 1.63. The summed E-state index contributed by atoms with van der Waals surface area (Å²) in [6.45, 7) is 2.27. The van der Waals surface area contributed by atoms with Gasteiger partial charge in [0.2, 0.25) is 10.0 Å². The molecule has 3 rings (SSSR count). The normalized spacial score (nSPS) is 26.4. The number of carbonyl (C=O) groups is 2. The van der Waals surface area contributed by atoms with Gasteiger partial charge < -0.3 is 9.84 Å². The molecule has 2 aliphatic heterocycles. The Morgan fingerprint density at radius 3 is 2.84 bits per heavy atom. The van der Waals surface area contributed by atoms with Crippen molar-refractivity contribution in [2.24, 2.45) is 5.92 Å². The lowest BCUT2D eigenvalue weighted by molar-refractivity contribution is -0.144. The van der Waals surface area contributed by atoms with Crippen LogP contribution < -0.4 is 0 Å². The average Bonchev–Trinajstić information content (AvgIpc) is 3.08. The minimum atomic E-state index is -3.68. The third-order valence-corrected chi connectivity index (χ3v) is 6.65. The Bertz CT molecular complexity index is 790. The van der Waals surface area contributed by atoms with Gasteiger partial charge in [-0.05, 0) is 30.5 Å². The van der Waals surface area contributed by atoms with Crippen molar-refractivity contribution >= 4 is 22.0 Å². The highest BCUT2D eigenvalue weighted by molar-refractivity contribution is 7.88. The Hall–Kier alpha value is -1.93. The van der Waals surface area contributed by atoms with E-state index in [0.717, 1.165) is 6.42 Å². The molecule has 1 aromatic rings. The van der Waals surface area contributed by atoms with E-state index < -0.39 is 28.0 Å². The van der Waals surface area contributed by atoms with Gasteiger partial charge in [0.25, 0.3) is 0 Å². The van der Waals surface area contributed by atoms with Gasteiger partial charge in [0.1, 0.15) is 6.10 Å². The van der Waals surface area contributed by atoms with Crippen molar-refractivity contribution in [2.75, 3.05) is 6.54 Å². The summed E-state index contributed by atoms with van der Waals surface area (Å²) in [4.78, 5) is 23.1. The highest BCUT2D eigenvalue weighted by atomic mass is 32.2. The third-order valence-electron chi connectivity index (χ3n) is 4.81. The topological polar surface area (TPSA) is 101 Å². The molecule has 0 aliphatic carbocycles. The summed E-state index contributed by atoms with van der Waals surface area (Å²) in [7, 11) is -3.68. The number of esters is 1. The summed E-state index contributed by atoms with van der Waals surface area (Å²) in [5.74, 6) is -2.12. The molecular weight excluding hydrogens is 346 g/mol. The van der Waals surface area contributed by atoms with Crippen molar-refractivity contribution in [3.05, 3.63) is 35.4 Å². The first-order valence-electron chi connectivity index (χ1n) is 8.35. The van der Waals surface area contributed by atoms with Crippen LogP contribution in [-0.4, -0.2) is 48.5 Å². The maximum Gasteiger partial charge on any atom is 0.335 e. The fraction of sp³-hybridized carbons (Fsp3) is 0.529. The van der Waals surface area contributed by atoms with Crippen molar-refractivity contribution in [1.82, 2.24) is 4.31 Å². The lowest BCUT2D eigenvalue weighted by atomic mass is 9.95. The highest BCUT2D eigenvalue weighted by Crippen LogP contribution is 2.38. The number of carboxylic acid groups (broad SMARTS) is 1. The number of rotatable bonds is 6. The van der Waals surface area contributed by atoms with E-state index in [-0.39, 0.29) is 23.4 Å². The van der Waals surface area contributed by atoms with Gasteiger partial charge in [-0.1, -0.05) is 25.5 Å². The first-order valence-corrected chi connectivity index (χ1v) is 9.96. The predicted molar refractivity (Wildman–Crippen MR) is 89.4 cm³/mol. The molecule has 2 unspecified atom stereocenters. The largest absolute Gasteiger partial charge is 0.478 e. The van der Waals surface area contributed by atoms with Crippen molar-refractivity contribution in [2.45, 2.75) is 44.1 Å². The van der Waals surface area contributed by atoms with E-state index in [1.807, 2.05) is 6.92 Å². The molecule has 8 heteroatoms. The van der Waals surface area contributed by atoms with Crippen LogP contribution in [-0.2, 0) is 25.3 Å². The quantitative estimate of drug-likeness (QED) is 0.767. The van der Waals surface area contributed by atoms with Gasteiger partial charge >= 0.3 is 11.9 Å². The average molecular weight is 367 g/mol. The lowest BCUT2D eigenvalue weighted by Crippen LogP contribution is -2.42. The minimum absolute atomic E-state index is 0.0511. The lowest BCUT2D eigenvalue weighted by Gasteiger charge is -2.25. The number of sulfonamides is 1. The first-order chi connectivity index (χ1) is 11.8. The monoisotopic (exact) mass is 367 g/mol. The zero-order valence-electron chi connectivity index (χ0n) is 13.9. The van der Waals surface area contributed by atoms with E-state index in [2.05, 4.69) is 0 Å². The van der Waals surface area contributed by atoms with Gasteiger partial charge in [0.15, 0.2) is 0 Å². The number of fused-ring (bicyclic) bond motifs is 1. The molecule has 0 bridgehead atoms. The number of benzene rings is 1. The maximum absolute atomic E-state index is 12.9. The summed E-state index contributed by atoms with van der Waals surface area (Å²) >= 11 is 0. The number of carboxylic acids is 1. The van der Waals surface area contributed by atoms with Gasteiger partial charge in [-0.3, -0.25) is 4.79 Å². The van der Waals surface area contributed by atoms with Crippen LogP contribution in [0.15, 0.2) is 24.3 Å². The van der Waals surface area contributed by atoms with Crippen molar-refractivity contribution < 1.29 is 27.9 Å². The fourth-order valence-corrected chi connectivity index (χ4v) is 5.54. The van der Waals surface area contributed by atoms with Gasteiger partial charge in [-0.25, -0.2) is 13.2 Å². The van der Waals surface area contributed by atoms with Gasteiger partial charge in [-0.2, -0.15) is 4.31 Å². The van der Waals surface area contributed by atoms with E-state index in [9.17, 15) is 18.0 Å². The molecule has 0 amide bonds. The molecule has 0 aromatic heterocycles. The van der Waals surface area contributed by atoms with Crippen LogP contribution in [0.25, 0.3) is 0 Å². The van der Waals surface area contributed by atoms with Gasteiger partial charge in [0, 0.05) is 6.54 Å². The highest BCUT2D eigenvalue weighted by Gasteiger charge is 2.53. The van der Waals surface area contributed by atoms with Crippen molar-refractivity contribution in [1.29, 1.82) is 0 Å². The first kappa shape index (κ1) is 17.9. The van der Waals surface area contributed by atoms with Crippen LogP contribution in [0, 0.1) is 5.92 Å². The molecule has 3 atom stereocenters. The summed E-state index contributed by atoms with van der Waals surface area (Å²) in [5, 5.41) is 9.05. The second-order valence-electron chi connectivity index (χ2n) is 6.52. The molecule has 2 heterocycles. The van der Waals surface area contributed by atoms with Crippen LogP contribution in [0.1, 0.15) is 42.1 Å². The third kappa shape index (κ3) is 3.41. The number of hydrogen-bond donors (Lipinski definition) is 1. The fourth-order valence-electron chi connectivity index (χ4n) is 3.74. The van der Waals surface area contributed by atoms with Crippen LogP contribution in [0.2, 0.25) is 0 Å². The molecule has 2 saturated heterocycles. The Balaban J connectivity index is 1.83. The molecule has 1 aromatic carbocycles. The smallest absolute Gasteiger partial charge is 0.335 e. The van der Waals surface area contributed by atoms with Crippen LogP contribution in [0.5, 0.6) is 0 Å². The summed E-state index contributed by atoms with van der Waals surface area (Å²) in [6.07, 6.45) is 1.51. The van der Waals surface area contributed by atoms with Crippen molar-refractivity contribution in [3.8, 4) is 0 Å². The van der Waals surface area contributed by atoms with E-state index in [1.165, 1.54) is 22.5 Å². The molecule has 2 fully saturated rings. The number of aromatic carboxylic acids is 1. The van der Waals surface area contributed by atoms with E-state index in [1.54, 1.807) is 6.07 Å². The molecule has 25 heavy (non-hydrogen) atoms. The van der Waals surface area contributed by atoms with Gasteiger partial charge in [0.05, 0.1) is 23.3 Å². The van der Waals surface area contributed by atoms with Gasteiger partial charge in [-0.15, -0.1) is 0 Å². The summed E-state index contributed by atoms with van der Waals surface area (Å²) < 4.78 is 32.5. The Morgan fingerprint density at radius 2 is 2.16 bits per heavy atom. The summed E-state index contributed by atoms with van der Waals surface area (Å²) in [5.41, 5.74) is 0.468. The Morgan fingerprint density at radius 1 is 1.40 bits per heavy atom. The van der Waals surface area contributed by atoms with E-state index in [0.29, 0.717) is 24.9 Å². The molecule has 0 radical (unpaired) electrons. The molecule has 136 valence electrons. The zero-order chi connectivity index (χ0) is 18.2. The Kier molecular flexibility index (Phi) is 4.83. The molecule has 1 N–H and O–H groups in total. The number of carbonyl (C=O) groups excluding carboxylic acids is 1. The zero-order valence-corrected chi connectivity index (χ0v) is 14.7. The molecule has 0 spiro atoms. The number of ether oxygens (including phenoxy) is 1. The molecule has 0 saturated carbocycles. The molecule has 2 aliphatic rings. The minimum Gasteiger partial charge on any atom is -0.478 e. The van der Waals surface area contributed by atoms with Crippen molar-refractivity contribution in [3.63, 3.8) is 0 Å². The second-order valence-corrected chi connectivity index (χ2v) is 8.44.